The normalized spacial score (nSPS) is 11.9. The largest absolute Gasteiger partial charge is 0.478 e. The highest BCUT2D eigenvalue weighted by Gasteiger charge is 2.17. The maximum absolute atomic E-state index is 12.5. The van der Waals surface area contributed by atoms with Crippen molar-refractivity contribution in [3.8, 4) is 0 Å². The van der Waals surface area contributed by atoms with E-state index in [1.54, 1.807) is 30.3 Å². The van der Waals surface area contributed by atoms with E-state index in [2.05, 4.69) is 13.8 Å². The van der Waals surface area contributed by atoms with Gasteiger partial charge in [0.25, 0.3) is 0 Å². The zero-order valence-corrected chi connectivity index (χ0v) is 12.2. The third kappa shape index (κ3) is 3.19. The van der Waals surface area contributed by atoms with E-state index in [0.29, 0.717) is 11.5 Å². The molecule has 0 saturated heterocycles. The summed E-state index contributed by atoms with van der Waals surface area (Å²) in [5.74, 6) is -0.903. The lowest BCUT2D eigenvalue weighted by molar-refractivity contribution is 0.0693. The van der Waals surface area contributed by atoms with Crippen LogP contribution in [0.4, 0.5) is 0 Å². The van der Waals surface area contributed by atoms with E-state index < -0.39 is 5.97 Å². The highest BCUT2D eigenvalue weighted by molar-refractivity contribution is 6.14. The second-order valence-electron chi connectivity index (χ2n) is 5.11. The number of aromatic carboxylic acids is 1. The van der Waals surface area contributed by atoms with Crippen LogP contribution in [0.15, 0.2) is 48.5 Å². The number of carboxylic acid groups (broad SMARTS) is 1. The lowest BCUT2D eigenvalue weighted by Gasteiger charge is -2.10. The average molecular weight is 282 g/mol. The second kappa shape index (κ2) is 6.35. The zero-order chi connectivity index (χ0) is 15.4. The lowest BCUT2D eigenvalue weighted by atomic mass is 9.94. The molecule has 0 radical (unpaired) electrons. The molecule has 2 aromatic carbocycles. The summed E-state index contributed by atoms with van der Waals surface area (Å²) < 4.78 is 0. The molecule has 2 aromatic rings. The van der Waals surface area contributed by atoms with Gasteiger partial charge in [-0.1, -0.05) is 56.3 Å². The Kier molecular flexibility index (Phi) is 4.53. The highest BCUT2D eigenvalue weighted by Crippen LogP contribution is 2.21. The number of hydrogen-bond acceptors (Lipinski definition) is 2. The Morgan fingerprint density at radius 2 is 1.57 bits per heavy atom. The quantitative estimate of drug-likeness (QED) is 0.839. The number of ketones is 1. The van der Waals surface area contributed by atoms with Crippen LogP contribution in [0.5, 0.6) is 0 Å². The number of benzene rings is 2. The summed E-state index contributed by atoms with van der Waals surface area (Å²) in [4.78, 5) is 23.6. The van der Waals surface area contributed by atoms with Gasteiger partial charge in [0.2, 0.25) is 0 Å². The minimum Gasteiger partial charge on any atom is -0.478 e. The monoisotopic (exact) mass is 282 g/mol. The summed E-state index contributed by atoms with van der Waals surface area (Å²) in [6.07, 6.45) is 1.04. The molecule has 21 heavy (non-hydrogen) atoms. The topological polar surface area (TPSA) is 54.4 Å². The summed E-state index contributed by atoms with van der Waals surface area (Å²) in [5, 5.41) is 9.16. The first-order valence-electron chi connectivity index (χ1n) is 7.01. The Morgan fingerprint density at radius 3 is 2.10 bits per heavy atom. The molecule has 3 nitrogen and oxygen atoms in total. The minimum atomic E-state index is -1.09. The van der Waals surface area contributed by atoms with Crippen LogP contribution in [0.25, 0.3) is 0 Å². The van der Waals surface area contributed by atoms with Crippen LogP contribution in [0.1, 0.15) is 58.0 Å². The van der Waals surface area contributed by atoms with Gasteiger partial charge in [-0.25, -0.2) is 4.79 Å². The van der Waals surface area contributed by atoms with E-state index in [-0.39, 0.29) is 16.9 Å². The van der Waals surface area contributed by atoms with Gasteiger partial charge in [-0.3, -0.25) is 4.79 Å². The van der Waals surface area contributed by atoms with Gasteiger partial charge in [0.1, 0.15) is 0 Å². The van der Waals surface area contributed by atoms with Crippen LogP contribution in [0.3, 0.4) is 0 Å². The molecule has 0 bridgehead atoms. The van der Waals surface area contributed by atoms with Crippen molar-refractivity contribution in [2.45, 2.75) is 26.2 Å². The fraction of sp³-hybridized carbons (Fsp3) is 0.222. The Hall–Kier alpha value is -2.42. The molecular formula is C18H18O3. The van der Waals surface area contributed by atoms with Crippen molar-refractivity contribution in [2.75, 3.05) is 0 Å². The molecule has 0 aliphatic carbocycles. The lowest BCUT2D eigenvalue weighted by Crippen LogP contribution is -2.09. The van der Waals surface area contributed by atoms with Crippen molar-refractivity contribution in [1.82, 2.24) is 0 Å². The van der Waals surface area contributed by atoms with Crippen LogP contribution < -0.4 is 0 Å². The molecule has 0 amide bonds. The molecule has 1 atom stereocenters. The van der Waals surface area contributed by atoms with Crippen LogP contribution in [-0.2, 0) is 0 Å². The van der Waals surface area contributed by atoms with Crippen molar-refractivity contribution < 1.29 is 14.7 Å². The maximum Gasteiger partial charge on any atom is 0.336 e. The molecule has 1 unspecified atom stereocenters. The molecule has 2 rings (SSSR count). The van der Waals surface area contributed by atoms with E-state index in [4.69, 9.17) is 5.11 Å². The molecule has 0 saturated carbocycles. The van der Waals surface area contributed by atoms with Crippen LogP contribution >= 0.6 is 0 Å². The fourth-order valence-electron chi connectivity index (χ4n) is 2.22. The fourth-order valence-corrected chi connectivity index (χ4v) is 2.22. The van der Waals surface area contributed by atoms with Crippen LogP contribution in [0.2, 0.25) is 0 Å². The molecule has 0 spiro atoms. The number of carbonyl (C=O) groups excluding carboxylic acids is 1. The number of rotatable bonds is 5. The molecular weight excluding hydrogens is 264 g/mol. The standard InChI is InChI=1S/C18H18O3/c1-3-12(2)13-8-10-14(11-9-13)17(19)15-6-4-5-7-16(15)18(20)21/h4-12H,3H2,1-2H3,(H,20,21). The summed E-state index contributed by atoms with van der Waals surface area (Å²) in [6.45, 7) is 4.25. The number of carbonyl (C=O) groups is 2. The van der Waals surface area contributed by atoms with Crippen molar-refractivity contribution >= 4 is 11.8 Å². The molecule has 0 heterocycles. The predicted octanol–water partition coefficient (Wildman–Crippen LogP) is 4.13. The third-order valence-corrected chi connectivity index (χ3v) is 3.76. The third-order valence-electron chi connectivity index (χ3n) is 3.76. The minimum absolute atomic E-state index is 0.0357. The Bertz CT molecular complexity index is 656. The molecule has 0 fully saturated rings. The summed E-state index contributed by atoms with van der Waals surface area (Å²) in [5.41, 5.74) is 1.95. The van der Waals surface area contributed by atoms with E-state index >= 15 is 0 Å². The number of carboxylic acids is 1. The Morgan fingerprint density at radius 1 is 1.00 bits per heavy atom. The summed E-state index contributed by atoms with van der Waals surface area (Å²) in [6, 6.07) is 13.7. The summed E-state index contributed by atoms with van der Waals surface area (Å²) in [7, 11) is 0. The van der Waals surface area contributed by atoms with E-state index in [1.165, 1.54) is 11.6 Å². The van der Waals surface area contributed by atoms with Crippen molar-refractivity contribution in [3.63, 3.8) is 0 Å². The summed E-state index contributed by atoms with van der Waals surface area (Å²) >= 11 is 0. The Balaban J connectivity index is 2.35. The molecule has 1 N–H and O–H groups in total. The zero-order valence-electron chi connectivity index (χ0n) is 12.2. The van der Waals surface area contributed by atoms with Gasteiger partial charge in [-0.05, 0) is 24.0 Å². The SMILES string of the molecule is CCC(C)c1ccc(C(=O)c2ccccc2C(=O)O)cc1. The highest BCUT2D eigenvalue weighted by atomic mass is 16.4. The predicted molar refractivity (Wildman–Crippen MR) is 82.0 cm³/mol. The van der Waals surface area contributed by atoms with Crippen LogP contribution in [0, 0.1) is 0 Å². The van der Waals surface area contributed by atoms with Crippen molar-refractivity contribution in [2.24, 2.45) is 0 Å². The number of hydrogen-bond donors (Lipinski definition) is 1. The molecule has 0 aliphatic heterocycles. The van der Waals surface area contributed by atoms with Crippen molar-refractivity contribution in [3.05, 3.63) is 70.8 Å². The van der Waals surface area contributed by atoms with Gasteiger partial charge < -0.3 is 5.11 Å². The van der Waals surface area contributed by atoms with Gasteiger partial charge in [-0.15, -0.1) is 0 Å². The molecule has 0 aliphatic rings. The van der Waals surface area contributed by atoms with Crippen molar-refractivity contribution in [1.29, 1.82) is 0 Å². The van der Waals surface area contributed by atoms with E-state index in [9.17, 15) is 9.59 Å². The first kappa shape index (κ1) is 15.0. The van der Waals surface area contributed by atoms with Gasteiger partial charge in [-0.2, -0.15) is 0 Å². The maximum atomic E-state index is 12.5. The molecule has 108 valence electrons. The van der Waals surface area contributed by atoms with Crippen LogP contribution in [-0.4, -0.2) is 16.9 Å². The van der Waals surface area contributed by atoms with E-state index in [0.717, 1.165) is 6.42 Å². The van der Waals surface area contributed by atoms with Gasteiger partial charge in [0.05, 0.1) is 5.56 Å². The Labute approximate surface area is 124 Å². The first-order chi connectivity index (χ1) is 10.0. The van der Waals surface area contributed by atoms with Gasteiger partial charge in [0.15, 0.2) is 5.78 Å². The van der Waals surface area contributed by atoms with E-state index in [1.807, 2.05) is 12.1 Å². The van der Waals surface area contributed by atoms with Gasteiger partial charge in [0, 0.05) is 11.1 Å². The smallest absolute Gasteiger partial charge is 0.336 e. The first-order valence-corrected chi connectivity index (χ1v) is 7.01. The second-order valence-corrected chi connectivity index (χ2v) is 5.11. The molecule has 3 heteroatoms. The van der Waals surface area contributed by atoms with Gasteiger partial charge >= 0.3 is 5.97 Å². The average Bonchev–Trinajstić information content (AvgIpc) is 2.53. The molecule has 0 aromatic heterocycles.